The smallest absolute Gasteiger partial charge is 0.256 e. The Labute approximate surface area is 454 Å². The van der Waals surface area contributed by atoms with E-state index in [1.165, 1.54) is 70.6 Å². The van der Waals surface area contributed by atoms with Crippen molar-refractivity contribution in [1.82, 2.24) is 18.3 Å². The first-order valence-electron chi connectivity index (χ1n) is 27.2. The van der Waals surface area contributed by atoms with E-state index in [9.17, 15) is 0 Å². The number of para-hydroxylation sites is 9. The molecule has 366 valence electrons. The molecule has 7 heteroatoms. The maximum atomic E-state index is 7.20. The average molecular weight is 1010 g/mol. The molecule has 0 bridgehead atoms. The average Bonchev–Trinajstić information content (AvgIpc) is 3.23. The normalized spacial score (nSPS) is 12.9. The molecular weight excluding hydrogens is 962 g/mol. The summed E-state index contributed by atoms with van der Waals surface area (Å²) in [5.74, 6) is 1.73. The molecule has 0 spiro atoms. The molecule has 79 heavy (non-hydrogen) atoms. The Morgan fingerprint density at radius 3 is 1.20 bits per heavy atom. The fraction of sp³-hybridized carbons (Fsp3) is 0. The van der Waals surface area contributed by atoms with E-state index in [4.69, 9.17) is 4.74 Å². The zero-order valence-electron chi connectivity index (χ0n) is 42.6. The number of hydrogen-bond acceptors (Lipinski definition) is 2. The molecule has 0 atom stereocenters. The fourth-order valence-corrected chi connectivity index (χ4v) is 14.1. The molecule has 0 saturated heterocycles. The number of rotatable bonds is 5. The fourth-order valence-electron chi connectivity index (χ4n) is 14.1. The van der Waals surface area contributed by atoms with Gasteiger partial charge in [0.1, 0.15) is 11.5 Å². The van der Waals surface area contributed by atoms with E-state index >= 15 is 0 Å². The zero-order valence-corrected chi connectivity index (χ0v) is 42.6. The van der Waals surface area contributed by atoms with Crippen LogP contribution in [0.1, 0.15) is 0 Å². The van der Waals surface area contributed by atoms with Crippen LogP contribution in [0.5, 0.6) is 11.5 Å². The SMILES string of the molecule is c1ccc(N2c3ccc(-n4c5ccccc5c5c6c(c7ccccc7n6-c6ccccc6)c6c(c7ccccc7n6-c6ccccc6)c54)cc3B3c4ccccc4Oc4cc(-n5c6ccccc6c6ccccc65)cc2c43)cc1. The Hall–Kier alpha value is -10.5. The Morgan fingerprint density at radius 2 is 0.684 bits per heavy atom. The minimum absolute atomic E-state index is 0.141. The highest BCUT2D eigenvalue weighted by Crippen LogP contribution is 2.51. The second-order valence-corrected chi connectivity index (χ2v) is 21.1. The van der Waals surface area contributed by atoms with Gasteiger partial charge < -0.3 is 27.9 Å². The summed E-state index contributed by atoms with van der Waals surface area (Å²) in [7, 11) is 0. The van der Waals surface area contributed by atoms with E-state index in [1.807, 2.05) is 0 Å². The highest BCUT2D eigenvalue weighted by Gasteiger charge is 2.43. The van der Waals surface area contributed by atoms with Gasteiger partial charge in [0.25, 0.3) is 6.71 Å². The number of ether oxygens (including phenoxy) is 1. The molecule has 0 fully saturated rings. The van der Waals surface area contributed by atoms with Gasteiger partial charge in [0.05, 0.1) is 49.8 Å². The van der Waals surface area contributed by atoms with Crippen LogP contribution < -0.4 is 26.0 Å². The summed E-state index contributed by atoms with van der Waals surface area (Å²) >= 11 is 0. The van der Waals surface area contributed by atoms with Gasteiger partial charge in [0.2, 0.25) is 0 Å². The number of nitrogens with zero attached hydrogens (tertiary/aromatic N) is 5. The molecular formula is C72H44BN5O. The molecule has 2 aliphatic rings. The van der Waals surface area contributed by atoms with Crippen LogP contribution in [-0.4, -0.2) is 25.0 Å². The highest BCUT2D eigenvalue weighted by molar-refractivity contribution is 6.99. The Morgan fingerprint density at radius 1 is 0.266 bits per heavy atom. The number of hydrogen-bond donors (Lipinski definition) is 0. The van der Waals surface area contributed by atoms with Gasteiger partial charge in [-0.25, -0.2) is 0 Å². The molecule has 12 aromatic carbocycles. The van der Waals surface area contributed by atoms with Crippen LogP contribution in [0.25, 0.3) is 110 Å². The summed E-state index contributed by atoms with van der Waals surface area (Å²) in [6.07, 6.45) is 0. The van der Waals surface area contributed by atoms with Crippen molar-refractivity contribution in [1.29, 1.82) is 0 Å². The second kappa shape index (κ2) is 16.0. The molecule has 0 unspecified atom stereocenters. The van der Waals surface area contributed by atoms with E-state index in [1.54, 1.807) is 0 Å². The maximum absolute atomic E-state index is 7.20. The quantitative estimate of drug-likeness (QED) is 0.161. The second-order valence-electron chi connectivity index (χ2n) is 21.1. The number of benzene rings is 12. The van der Waals surface area contributed by atoms with Crippen LogP contribution in [0.15, 0.2) is 267 Å². The first-order chi connectivity index (χ1) is 39.3. The molecule has 0 amide bonds. The van der Waals surface area contributed by atoms with Gasteiger partial charge in [0.15, 0.2) is 0 Å². The highest BCUT2D eigenvalue weighted by atomic mass is 16.5. The molecule has 0 aliphatic carbocycles. The predicted octanol–water partition coefficient (Wildman–Crippen LogP) is 16.5. The van der Waals surface area contributed by atoms with E-state index in [-0.39, 0.29) is 6.71 Å². The first kappa shape index (κ1) is 42.7. The molecule has 6 nitrogen and oxygen atoms in total. The van der Waals surface area contributed by atoms with Crippen molar-refractivity contribution in [3.8, 4) is 34.2 Å². The van der Waals surface area contributed by atoms with Crippen molar-refractivity contribution in [2.24, 2.45) is 0 Å². The lowest BCUT2D eigenvalue weighted by Gasteiger charge is -2.40. The summed E-state index contributed by atoms with van der Waals surface area (Å²) in [6.45, 7) is -0.141. The van der Waals surface area contributed by atoms with Gasteiger partial charge >= 0.3 is 0 Å². The van der Waals surface area contributed by atoms with E-state index in [0.29, 0.717) is 0 Å². The van der Waals surface area contributed by atoms with Crippen molar-refractivity contribution in [3.63, 3.8) is 0 Å². The minimum Gasteiger partial charge on any atom is -0.458 e. The lowest BCUT2D eigenvalue weighted by molar-refractivity contribution is 0.487. The van der Waals surface area contributed by atoms with Crippen molar-refractivity contribution in [3.05, 3.63) is 267 Å². The lowest BCUT2D eigenvalue weighted by Crippen LogP contribution is -2.59. The molecule has 4 aromatic heterocycles. The Balaban J connectivity index is 0.987. The van der Waals surface area contributed by atoms with Crippen LogP contribution >= 0.6 is 0 Å². The van der Waals surface area contributed by atoms with Gasteiger partial charge in [0, 0.05) is 83.3 Å². The standard InChI is InChI=1S/C72H44BN5O/c1-4-22-45(23-5-1)74-62-41-40-48(42-56(62)73-55-33-15-21-39-64(55)79-65-44-49(43-63(74)69(65)73)75-57-34-16-10-28-50(57)51-29-11-17-35-58(51)75)78-61-38-20-14-32-54(61)68-71-66(52-30-12-18-36-59(52)76(71)46-24-6-2-7-25-46)70-67(72(68)78)53-31-13-19-37-60(53)77(70)47-26-8-3-9-27-47/h1-44H. The summed E-state index contributed by atoms with van der Waals surface area (Å²) in [4.78, 5) is 2.47. The Bertz CT molecular complexity index is 5120. The van der Waals surface area contributed by atoms with Gasteiger partial charge in [-0.3, -0.25) is 0 Å². The zero-order chi connectivity index (χ0) is 51.4. The largest absolute Gasteiger partial charge is 0.458 e. The van der Waals surface area contributed by atoms with Gasteiger partial charge in [-0.1, -0.05) is 164 Å². The van der Waals surface area contributed by atoms with Crippen molar-refractivity contribution in [2.75, 3.05) is 4.90 Å². The van der Waals surface area contributed by atoms with Crippen molar-refractivity contribution in [2.45, 2.75) is 0 Å². The summed E-state index contributed by atoms with van der Waals surface area (Å²) in [5.41, 5.74) is 20.6. The molecule has 16 aromatic rings. The third-order valence-corrected chi connectivity index (χ3v) is 17.1. The third-order valence-electron chi connectivity index (χ3n) is 17.1. The topological polar surface area (TPSA) is 32.2 Å². The van der Waals surface area contributed by atoms with Gasteiger partial charge in [-0.05, 0) is 113 Å². The molecule has 6 heterocycles. The molecule has 0 saturated carbocycles. The van der Waals surface area contributed by atoms with Crippen molar-refractivity contribution >= 4 is 127 Å². The van der Waals surface area contributed by atoms with Crippen LogP contribution in [0.2, 0.25) is 0 Å². The number of fused-ring (bicyclic) bond motifs is 19. The molecule has 0 N–H and O–H groups in total. The molecule has 2 aliphatic heterocycles. The summed E-state index contributed by atoms with van der Waals surface area (Å²) in [6, 6.07) is 97.9. The van der Waals surface area contributed by atoms with Crippen LogP contribution in [0, 0.1) is 0 Å². The van der Waals surface area contributed by atoms with Gasteiger partial charge in [-0.2, -0.15) is 0 Å². The van der Waals surface area contributed by atoms with E-state index in [2.05, 4.69) is 290 Å². The predicted molar refractivity (Wildman–Crippen MR) is 330 cm³/mol. The van der Waals surface area contributed by atoms with E-state index in [0.717, 1.165) is 84.3 Å². The minimum atomic E-state index is -0.141. The van der Waals surface area contributed by atoms with Crippen LogP contribution in [0.4, 0.5) is 17.1 Å². The number of anilines is 3. The first-order valence-corrected chi connectivity index (χ1v) is 27.2. The van der Waals surface area contributed by atoms with Gasteiger partial charge in [-0.15, -0.1) is 0 Å². The Kier molecular flexibility index (Phi) is 8.66. The molecule has 18 rings (SSSR count). The van der Waals surface area contributed by atoms with Crippen LogP contribution in [-0.2, 0) is 0 Å². The lowest BCUT2D eigenvalue weighted by atomic mass is 9.34. The van der Waals surface area contributed by atoms with Crippen LogP contribution in [0.3, 0.4) is 0 Å². The summed E-state index contributed by atoms with van der Waals surface area (Å²) in [5, 5.41) is 9.75. The monoisotopic (exact) mass is 1010 g/mol. The van der Waals surface area contributed by atoms with Crippen molar-refractivity contribution < 1.29 is 4.74 Å². The molecule has 0 radical (unpaired) electrons. The van der Waals surface area contributed by atoms with E-state index < -0.39 is 0 Å². The summed E-state index contributed by atoms with van der Waals surface area (Å²) < 4.78 is 17.2. The maximum Gasteiger partial charge on any atom is 0.256 e. The third kappa shape index (κ3) is 5.75. The number of aromatic nitrogens is 4.